The molecule has 154 valence electrons. The third kappa shape index (κ3) is 8.43. The Kier molecular flexibility index (Phi) is 11.5. The lowest BCUT2D eigenvalue weighted by Gasteiger charge is -2.16. The van der Waals surface area contributed by atoms with Crippen LogP contribution in [-0.2, 0) is 13.0 Å². The second-order valence-corrected chi connectivity index (χ2v) is 6.45. The highest BCUT2D eigenvalue weighted by Gasteiger charge is 2.06. The standard InChI is InChI=1S/C21H29FN4O.HI/c1-23-21(24-13-12-17-8-4-6-10-19(17)22)25-16-18-9-5-7-11-20(18)27-15-14-26(2)3;/h4-11H,12-16H2,1-3H3,(H2,23,24,25);1H. The third-order valence-electron chi connectivity index (χ3n) is 4.08. The van der Waals surface area contributed by atoms with Crippen molar-refractivity contribution in [3.05, 3.63) is 65.5 Å². The van der Waals surface area contributed by atoms with Gasteiger partial charge in [0.25, 0.3) is 0 Å². The Morgan fingerprint density at radius 3 is 2.39 bits per heavy atom. The van der Waals surface area contributed by atoms with E-state index < -0.39 is 0 Å². The quantitative estimate of drug-likeness (QED) is 0.315. The van der Waals surface area contributed by atoms with Gasteiger partial charge in [-0.3, -0.25) is 4.99 Å². The molecule has 28 heavy (non-hydrogen) atoms. The van der Waals surface area contributed by atoms with Crippen LogP contribution in [0.25, 0.3) is 0 Å². The van der Waals surface area contributed by atoms with Crippen molar-refractivity contribution in [3.63, 3.8) is 0 Å². The Bertz CT molecular complexity index is 740. The zero-order chi connectivity index (χ0) is 19.5. The Balaban J connectivity index is 0.00000392. The maximum absolute atomic E-state index is 13.7. The molecule has 0 spiro atoms. The van der Waals surface area contributed by atoms with Gasteiger partial charge in [-0.15, -0.1) is 24.0 Å². The Labute approximate surface area is 184 Å². The van der Waals surface area contributed by atoms with Crippen molar-refractivity contribution in [1.29, 1.82) is 0 Å². The van der Waals surface area contributed by atoms with Crippen LogP contribution >= 0.6 is 24.0 Å². The van der Waals surface area contributed by atoms with Crippen molar-refractivity contribution < 1.29 is 9.13 Å². The molecule has 0 aliphatic carbocycles. The van der Waals surface area contributed by atoms with Crippen molar-refractivity contribution in [1.82, 2.24) is 15.5 Å². The zero-order valence-electron chi connectivity index (χ0n) is 16.7. The number of hydrogen-bond donors (Lipinski definition) is 2. The summed E-state index contributed by atoms with van der Waals surface area (Å²) in [6.07, 6.45) is 0.595. The molecule has 7 heteroatoms. The van der Waals surface area contributed by atoms with Crippen molar-refractivity contribution in [2.24, 2.45) is 4.99 Å². The SMILES string of the molecule is CN=C(NCCc1ccccc1F)NCc1ccccc1OCCN(C)C.I. The van der Waals surface area contributed by atoms with E-state index in [2.05, 4.69) is 20.5 Å². The first kappa shape index (κ1) is 24.2. The molecule has 0 saturated heterocycles. The molecule has 2 N–H and O–H groups in total. The Morgan fingerprint density at radius 1 is 1.04 bits per heavy atom. The lowest BCUT2D eigenvalue weighted by Crippen LogP contribution is -2.38. The first-order valence-electron chi connectivity index (χ1n) is 9.13. The van der Waals surface area contributed by atoms with Crippen LogP contribution in [0.15, 0.2) is 53.5 Å². The fourth-order valence-electron chi connectivity index (χ4n) is 2.55. The van der Waals surface area contributed by atoms with Gasteiger partial charge in [0.2, 0.25) is 0 Å². The molecular formula is C21H30FIN4O. The fraction of sp³-hybridized carbons (Fsp3) is 0.381. The average Bonchev–Trinajstić information content (AvgIpc) is 2.66. The van der Waals surface area contributed by atoms with Crippen LogP contribution in [0.4, 0.5) is 4.39 Å². The minimum atomic E-state index is -0.175. The third-order valence-corrected chi connectivity index (χ3v) is 4.08. The minimum Gasteiger partial charge on any atom is -0.492 e. The van der Waals surface area contributed by atoms with Gasteiger partial charge >= 0.3 is 0 Å². The van der Waals surface area contributed by atoms with Gasteiger partial charge in [-0.05, 0) is 38.2 Å². The van der Waals surface area contributed by atoms with E-state index in [4.69, 9.17) is 4.74 Å². The van der Waals surface area contributed by atoms with Crippen LogP contribution in [-0.4, -0.2) is 51.7 Å². The summed E-state index contributed by atoms with van der Waals surface area (Å²) in [5.41, 5.74) is 1.76. The summed E-state index contributed by atoms with van der Waals surface area (Å²) in [6.45, 7) is 2.69. The molecule has 0 fully saturated rings. The summed E-state index contributed by atoms with van der Waals surface area (Å²) in [5, 5.41) is 6.50. The normalized spacial score (nSPS) is 11.1. The molecule has 0 aromatic heterocycles. The number of nitrogens with zero attached hydrogens (tertiary/aromatic N) is 2. The fourth-order valence-corrected chi connectivity index (χ4v) is 2.55. The van der Waals surface area contributed by atoms with Gasteiger partial charge in [0.15, 0.2) is 5.96 Å². The predicted molar refractivity (Wildman–Crippen MR) is 124 cm³/mol. The summed E-state index contributed by atoms with van der Waals surface area (Å²) in [7, 11) is 5.76. The highest BCUT2D eigenvalue weighted by molar-refractivity contribution is 14.0. The topological polar surface area (TPSA) is 48.9 Å². The summed E-state index contributed by atoms with van der Waals surface area (Å²) >= 11 is 0. The lowest BCUT2D eigenvalue weighted by atomic mass is 10.1. The van der Waals surface area contributed by atoms with E-state index in [0.717, 1.165) is 17.9 Å². The van der Waals surface area contributed by atoms with Crippen molar-refractivity contribution in [2.45, 2.75) is 13.0 Å². The molecule has 0 unspecified atom stereocenters. The largest absolute Gasteiger partial charge is 0.492 e. The van der Waals surface area contributed by atoms with Crippen LogP contribution in [0.3, 0.4) is 0 Å². The van der Waals surface area contributed by atoms with Crippen molar-refractivity contribution in [2.75, 3.05) is 40.8 Å². The predicted octanol–water partition coefficient (Wildman–Crippen LogP) is 3.29. The number of hydrogen-bond acceptors (Lipinski definition) is 3. The summed E-state index contributed by atoms with van der Waals surface area (Å²) < 4.78 is 19.6. The van der Waals surface area contributed by atoms with Crippen LogP contribution in [0, 0.1) is 5.82 Å². The number of benzene rings is 2. The summed E-state index contributed by atoms with van der Waals surface area (Å²) in [6, 6.07) is 14.8. The van der Waals surface area contributed by atoms with Gasteiger partial charge in [-0.1, -0.05) is 36.4 Å². The summed E-state index contributed by atoms with van der Waals surface area (Å²) in [4.78, 5) is 6.31. The maximum atomic E-state index is 13.7. The first-order chi connectivity index (χ1) is 13.1. The zero-order valence-corrected chi connectivity index (χ0v) is 19.1. The molecule has 2 aromatic carbocycles. The number of halogens is 2. The molecule has 0 amide bonds. The van der Waals surface area contributed by atoms with E-state index in [9.17, 15) is 4.39 Å². The molecule has 0 saturated carbocycles. The maximum Gasteiger partial charge on any atom is 0.191 e. The molecule has 0 radical (unpaired) electrons. The molecule has 0 atom stereocenters. The van der Waals surface area contributed by atoms with E-state index in [-0.39, 0.29) is 29.8 Å². The second-order valence-electron chi connectivity index (χ2n) is 6.45. The van der Waals surface area contributed by atoms with Gasteiger partial charge < -0.3 is 20.3 Å². The number of para-hydroxylation sites is 1. The molecule has 0 bridgehead atoms. The van der Waals surface area contributed by atoms with E-state index in [0.29, 0.717) is 37.6 Å². The van der Waals surface area contributed by atoms with E-state index in [1.807, 2.05) is 44.4 Å². The number of rotatable bonds is 9. The second kappa shape index (κ2) is 13.3. The minimum absolute atomic E-state index is 0. The van der Waals surface area contributed by atoms with Crippen LogP contribution in [0.1, 0.15) is 11.1 Å². The molecule has 0 aliphatic rings. The highest BCUT2D eigenvalue weighted by atomic mass is 127. The molecule has 0 aliphatic heterocycles. The average molecular weight is 500 g/mol. The number of likely N-dealkylation sites (N-methyl/N-ethyl adjacent to an activating group) is 1. The van der Waals surface area contributed by atoms with Gasteiger partial charge in [0, 0.05) is 32.2 Å². The highest BCUT2D eigenvalue weighted by Crippen LogP contribution is 2.17. The van der Waals surface area contributed by atoms with Crippen LogP contribution < -0.4 is 15.4 Å². The van der Waals surface area contributed by atoms with E-state index >= 15 is 0 Å². The van der Waals surface area contributed by atoms with Gasteiger partial charge in [-0.2, -0.15) is 0 Å². The van der Waals surface area contributed by atoms with Gasteiger partial charge in [-0.25, -0.2) is 4.39 Å². The molecular weight excluding hydrogens is 470 g/mol. The Hall–Kier alpha value is -1.87. The smallest absolute Gasteiger partial charge is 0.191 e. The molecule has 5 nitrogen and oxygen atoms in total. The van der Waals surface area contributed by atoms with Crippen molar-refractivity contribution in [3.8, 4) is 5.75 Å². The van der Waals surface area contributed by atoms with Crippen molar-refractivity contribution >= 4 is 29.9 Å². The van der Waals surface area contributed by atoms with E-state index in [1.54, 1.807) is 19.2 Å². The molecule has 2 aromatic rings. The Morgan fingerprint density at radius 2 is 1.71 bits per heavy atom. The molecule has 0 heterocycles. The number of aliphatic imine (C=N–C) groups is 1. The number of ether oxygens (including phenoxy) is 1. The van der Waals surface area contributed by atoms with Crippen LogP contribution in [0.5, 0.6) is 5.75 Å². The summed E-state index contributed by atoms with van der Waals surface area (Å²) in [5.74, 6) is 1.37. The van der Waals surface area contributed by atoms with Crippen LogP contribution in [0.2, 0.25) is 0 Å². The monoisotopic (exact) mass is 500 g/mol. The van der Waals surface area contributed by atoms with Gasteiger partial charge in [0.05, 0.1) is 0 Å². The number of nitrogens with one attached hydrogen (secondary N) is 2. The first-order valence-corrected chi connectivity index (χ1v) is 9.13. The van der Waals surface area contributed by atoms with Gasteiger partial charge in [0.1, 0.15) is 18.2 Å². The lowest BCUT2D eigenvalue weighted by molar-refractivity contribution is 0.259. The number of guanidine groups is 1. The van der Waals surface area contributed by atoms with E-state index in [1.165, 1.54) is 6.07 Å². The molecule has 2 rings (SSSR count).